The lowest BCUT2D eigenvalue weighted by atomic mass is 10.1. The molecule has 1 amide bonds. The molecule has 1 saturated heterocycles. The highest BCUT2D eigenvalue weighted by molar-refractivity contribution is 7.22. The molecule has 2 heterocycles. The van der Waals surface area contributed by atoms with Gasteiger partial charge < -0.3 is 15.1 Å². The molecular weight excluding hydrogens is 332 g/mol. The van der Waals surface area contributed by atoms with Crippen molar-refractivity contribution in [1.82, 2.24) is 10.3 Å². The fourth-order valence-electron chi connectivity index (χ4n) is 3.31. The number of carbonyl (C=O) groups is 1. The second-order valence-corrected chi connectivity index (χ2v) is 7.95. The predicted molar refractivity (Wildman–Crippen MR) is 105 cm³/mol. The lowest BCUT2D eigenvalue weighted by molar-refractivity contribution is -0.899. The molecular formula is C19H29N4OS+. The SMILES string of the molecule is CCCC(=O)NCC[NH+]1CCN(c2nc3c(C)c(C)ccc3s2)CC1. The average Bonchev–Trinajstić information content (AvgIpc) is 3.04. The number of rotatable bonds is 6. The van der Waals surface area contributed by atoms with Crippen LogP contribution in [0.4, 0.5) is 5.13 Å². The van der Waals surface area contributed by atoms with E-state index in [0.29, 0.717) is 6.42 Å². The maximum atomic E-state index is 11.5. The minimum Gasteiger partial charge on any atom is -0.350 e. The summed E-state index contributed by atoms with van der Waals surface area (Å²) >= 11 is 1.80. The fourth-order valence-corrected chi connectivity index (χ4v) is 4.38. The van der Waals surface area contributed by atoms with Crippen LogP contribution in [0.25, 0.3) is 10.2 Å². The number of piperazine rings is 1. The molecule has 5 nitrogen and oxygen atoms in total. The molecule has 6 heteroatoms. The van der Waals surface area contributed by atoms with Gasteiger partial charge in [-0.15, -0.1) is 0 Å². The third kappa shape index (κ3) is 4.30. The number of fused-ring (bicyclic) bond motifs is 1. The van der Waals surface area contributed by atoms with E-state index in [1.165, 1.54) is 15.8 Å². The van der Waals surface area contributed by atoms with E-state index in [4.69, 9.17) is 4.98 Å². The zero-order valence-corrected chi connectivity index (χ0v) is 16.3. The van der Waals surface area contributed by atoms with Gasteiger partial charge in [0.25, 0.3) is 0 Å². The third-order valence-electron chi connectivity index (χ3n) is 5.09. The molecule has 2 N–H and O–H groups in total. The van der Waals surface area contributed by atoms with Crippen LogP contribution in [0.1, 0.15) is 30.9 Å². The van der Waals surface area contributed by atoms with Gasteiger partial charge in [0.1, 0.15) is 0 Å². The van der Waals surface area contributed by atoms with E-state index in [-0.39, 0.29) is 5.91 Å². The van der Waals surface area contributed by atoms with E-state index in [0.717, 1.165) is 56.3 Å². The molecule has 2 aromatic rings. The van der Waals surface area contributed by atoms with Crippen LogP contribution in [-0.2, 0) is 4.79 Å². The fraction of sp³-hybridized carbons (Fsp3) is 0.579. The van der Waals surface area contributed by atoms with Crippen molar-refractivity contribution in [3.8, 4) is 0 Å². The van der Waals surface area contributed by atoms with Crippen LogP contribution in [0.3, 0.4) is 0 Å². The molecule has 0 unspecified atom stereocenters. The minimum atomic E-state index is 0.181. The Hall–Kier alpha value is -1.66. The molecule has 0 saturated carbocycles. The Kier molecular flexibility index (Phi) is 5.91. The van der Waals surface area contributed by atoms with Crippen LogP contribution in [-0.4, -0.2) is 50.2 Å². The Balaban J connectivity index is 1.52. The summed E-state index contributed by atoms with van der Waals surface area (Å²) in [6.07, 6.45) is 1.55. The largest absolute Gasteiger partial charge is 0.350 e. The Morgan fingerprint density at radius 2 is 2.08 bits per heavy atom. The summed E-state index contributed by atoms with van der Waals surface area (Å²) in [6, 6.07) is 4.38. The summed E-state index contributed by atoms with van der Waals surface area (Å²) in [5, 5.41) is 4.17. The standard InChI is InChI=1S/C19H28N4OS/c1-4-5-17(24)20-8-9-22-10-12-23(13-11-22)19-21-18-15(3)14(2)6-7-16(18)25-19/h6-7H,4-5,8-13H2,1-3H3,(H,20,24)/p+1. The van der Waals surface area contributed by atoms with Crippen molar-refractivity contribution in [2.24, 2.45) is 0 Å². The van der Waals surface area contributed by atoms with E-state index >= 15 is 0 Å². The second-order valence-electron chi connectivity index (χ2n) is 6.94. The maximum Gasteiger partial charge on any atom is 0.220 e. The molecule has 3 rings (SSSR count). The van der Waals surface area contributed by atoms with Crippen molar-refractivity contribution < 1.29 is 9.69 Å². The van der Waals surface area contributed by atoms with Gasteiger partial charge >= 0.3 is 0 Å². The van der Waals surface area contributed by atoms with Gasteiger partial charge in [0.2, 0.25) is 5.91 Å². The van der Waals surface area contributed by atoms with E-state index in [1.807, 2.05) is 6.92 Å². The number of nitrogens with one attached hydrogen (secondary N) is 2. The summed E-state index contributed by atoms with van der Waals surface area (Å²) in [4.78, 5) is 20.4. The lowest BCUT2D eigenvalue weighted by Gasteiger charge is -2.32. The van der Waals surface area contributed by atoms with Crippen molar-refractivity contribution in [3.63, 3.8) is 0 Å². The van der Waals surface area contributed by atoms with Crippen molar-refractivity contribution in [2.75, 3.05) is 44.2 Å². The number of hydrogen-bond donors (Lipinski definition) is 2. The molecule has 1 aromatic carbocycles. The number of quaternary nitrogens is 1. The van der Waals surface area contributed by atoms with Gasteiger partial charge in [-0.3, -0.25) is 4.79 Å². The number of benzene rings is 1. The van der Waals surface area contributed by atoms with E-state index in [9.17, 15) is 4.79 Å². The molecule has 0 spiro atoms. The molecule has 1 fully saturated rings. The number of amides is 1. The van der Waals surface area contributed by atoms with Gasteiger partial charge in [0, 0.05) is 6.42 Å². The van der Waals surface area contributed by atoms with Gasteiger partial charge in [-0.25, -0.2) is 4.98 Å². The van der Waals surface area contributed by atoms with Crippen molar-refractivity contribution >= 4 is 32.6 Å². The number of nitrogens with zero attached hydrogens (tertiary/aromatic N) is 2. The Morgan fingerprint density at radius 1 is 1.32 bits per heavy atom. The van der Waals surface area contributed by atoms with Crippen LogP contribution >= 0.6 is 11.3 Å². The van der Waals surface area contributed by atoms with Crippen LogP contribution < -0.4 is 15.1 Å². The molecule has 0 aliphatic carbocycles. The summed E-state index contributed by atoms with van der Waals surface area (Å²) < 4.78 is 1.28. The van der Waals surface area contributed by atoms with Crippen LogP contribution in [0.15, 0.2) is 12.1 Å². The average molecular weight is 362 g/mol. The summed E-state index contributed by atoms with van der Waals surface area (Å²) in [7, 11) is 0. The first-order valence-electron chi connectivity index (χ1n) is 9.30. The Labute approximate surface area is 154 Å². The van der Waals surface area contributed by atoms with E-state index < -0.39 is 0 Å². The lowest BCUT2D eigenvalue weighted by Crippen LogP contribution is -3.15. The first kappa shape index (κ1) is 18.1. The van der Waals surface area contributed by atoms with Crippen molar-refractivity contribution in [3.05, 3.63) is 23.3 Å². The molecule has 1 aromatic heterocycles. The second kappa shape index (κ2) is 8.15. The number of carbonyl (C=O) groups excluding carboxylic acids is 1. The molecule has 0 bridgehead atoms. The number of hydrogen-bond acceptors (Lipinski definition) is 4. The number of thiazole rings is 1. The predicted octanol–water partition coefficient (Wildman–Crippen LogP) is 1.53. The van der Waals surface area contributed by atoms with Gasteiger partial charge in [0.05, 0.1) is 49.5 Å². The molecule has 136 valence electrons. The zero-order chi connectivity index (χ0) is 17.8. The van der Waals surface area contributed by atoms with Gasteiger partial charge in [-0.1, -0.05) is 24.3 Å². The Morgan fingerprint density at radius 3 is 2.80 bits per heavy atom. The number of anilines is 1. The van der Waals surface area contributed by atoms with Gasteiger partial charge in [-0.05, 0) is 37.5 Å². The smallest absolute Gasteiger partial charge is 0.220 e. The topological polar surface area (TPSA) is 49.7 Å². The molecule has 0 radical (unpaired) electrons. The van der Waals surface area contributed by atoms with E-state index in [2.05, 4.69) is 36.2 Å². The van der Waals surface area contributed by atoms with Crippen LogP contribution in [0.5, 0.6) is 0 Å². The van der Waals surface area contributed by atoms with Gasteiger partial charge in [0.15, 0.2) is 5.13 Å². The van der Waals surface area contributed by atoms with Crippen molar-refractivity contribution in [2.45, 2.75) is 33.6 Å². The summed E-state index contributed by atoms with van der Waals surface area (Å²) in [5.74, 6) is 0.181. The minimum absolute atomic E-state index is 0.181. The third-order valence-corrected chi connectivity index (χ3v) is 6.17. The highest BCUT2D eigenvalue weighted by atomic mass is 32.1. The number of aryl methyl sites for hydroxylation is 2. The summed E-state index contributed by atoms with van der Waals surface area (Å²) in [6.45, 7) is 12.4. The molecule has 25 heavy (non-hydrogen) atoms. The summed E-state index contributed by atoms with van der Waals surface area (Å²) in [5.41, 5.74) is 3.77. The van der Waals surface area contributed by atoms with Crippen LogP contribution in [0, 0.1) is 13.8 Å². The van der Waals surface area contributed by atoms with Crippen molar-refractivity contribution in [1.29, 1.82) is 0 Å². The first-order chi connectivity index (χ1) is 12.1. The molecule has 0 atom stereocenters. The van der Waals surface area contributed by atoms with Crippen LogP contribution in [0.2, 0.25) is 0 Å². The number of aromatic nitrogens is 1. The highest BCUT2D eigenvalue weighted by Crippen LogP contribution is 2.31. The quantitative estimate of drug-likeness (QED) is 0.820. The van der Waals surface area contributed by atoms with E-state index in [1.54, 1.807) is 16.2 Å². The first-order valence-corrected chi connectivity index (χ1v) is 10.1. The normalized spacial score (nSPS) is 15.7. The zero-order valence-electron chi connectivity index (χ0n) is 15.5. The highest BCUT2D eigenvalue weighted by Gasteiger charge is 2.22. The molecule has 1 aliphatic rings. The maximum absolute atomic E-state index is 11.5. The monoisotopic (exact) mass is 361 g/mol. The Bertz CT molecular complexity index is 734. The molecule has 1 aliphatic heterocycles. The van der Waals surface area contributed by atoms with Gasteiger partial charge in [-0.2, -0.15) is 0 Å².